The molecule has 0 saturated heterocycles. The molecule has 0 aliphatic rings. The lowest BCUT2D eigenvalue weighted by Crippen LogP contribution is -2.36. The van der Waals surface area contributed by atoms with Gasteiger partial charge >= 0.3 is 0 Å². The van der Waals surface area contributed by atoms with E-state index in [-0.39, 0.29) is 11.8 Å². The van der Waals surface area contributed by atoms with Crippen LogP contribution in [0, 0.1) is 5.92 Å². The number of nitrogens with two attached hydrogens (primary N) is 1. The first-order valence-corrected chi connectivity index (χ1v) is 6.47. The Balaban J connectivity index is 2.30. The van der Waals surface area contributed by atoms with Gasteiger partial charge in [-0.3, -0.25) is 4.79 Å². The van der Waals surface area contributed by atoms with Crippen molar-refractivity contribution in [3.63, 3.8) is 0 Å². The quantitative estimate of drug-likeness (QED) is 0.906. The van der Waals surface area contributed by atoms with Crippen LogP contribution in [0.25, 0.3) is 11.0 Å². The molecule has 5 heteroatoms. The standard InChI is InChI=1S/C14H20N4O/c1-4-10(8-15)14(19)18(3)11-5-6-13-12(7-11)16-9-17(13)2/h5-7,9-10H,4,8,15H2,1-3H3. The lowest BCUT2D eigenvalue weighted by Gasteiger charge is -2.22. The smallest absolute Gasteiger partial charge is 0.231 e. The number of aryl methyl sites for hydroxylation is 1. The largest absolute Gasteiger partial charge is 0.334 e. The molecule has 19 heavy (non-hydrogen) atoms. The minimum atomic E-state index is -0.121. The molecule has 0 fully saturated rings. The van der Waals surface area contributed by atoms with E-state index in [9.17, 15) is 4.79 Å². The van der Waals surface area contributed by atoms with E-state index < -0.39 is 0 Å². The van der Waals surface area contributed by atoms with Crippen LogP contribution in [0.15, 0.2) is 24.5 Å². The van der Waals surface area contributed by atoms with E-state index in [0.29, 0.717) is 6.54 Å². The van der Waals surface area contributed by atoms with E-state index in [1.165, 1.54) is 0 Å². The van der Waals surface area contributed by atoms with Gasteiger partial charge in [0.15, 0.2) is 0 Å². The van der Waals surface area contributed by atoms with Gasteiger partial charge in [0.05, 0.1) is 23.3 Å². The highest BCUT2D eigenvalue weighted by Crippen LogP contribution is 2.21. The van der Waals surface area contributed by atoms with Gasteiger partial charge in [-0.1, -0.05) is 6.92 Å². The summed E-state index contributed by atoms with van der Waals surface area (Å²) in [4.78, 5) is 18.2. The fourth-order valence-electron chi connectivity index (χ4n) is 2.18. The molecule has 1 unspecified atom stereocenters. The molecule has 2 N–H and O–H groups in total. The van der Waals surface area contributed by atoms with Crippen molar-refractivity contribution in [1.82, 2.24) is 9.55 Å². The van der Waals surface area contributed by atoms with Crippen LogP contribution in [0.4, 0.5) is 5.69 Å². The van der Waals surface area contributed by atoms with Crippen molar-refractivity contribution in [2.45, 2.75) is 13.3 Å². The average molecular weight is 260 g/mol. The third kappa shape index (κ3) is 2.46. The molecular formula is C14H20N4O. The summed E-state index contributed by atoms with van der Waals surface area (Å²) in [5.41, 5.74) is 8.42. The van der Waals surface area contributed by atoms with Gasteiger partial charge < -0.3 is 15.2 Å². The van der Waals surface area contributed by atoms with E-state index in [2.05, 4.69) is 4.98 Å². The molecule has 0 saturated carbocycles. The summed E-state index contributed by atoms with van der Waals surface area (Å²) in [6, 6.07) is 5.84. The van der Waals surface area contributed by atoms with Crippen molar-refractivity contribution in [3.8, 4) is 0 Å². The molecule has 0 bridgehead atoms. The van der Waals surface area contributed by atoms with Crippen molar-refractivity contribution in [3.05, 3.63) is 24.5 Å². The van der Waals surface area contributed by atoms with Crippen LogP contribution < -0.4 is 10.6 Å². The zero-order chi connectivity index (χ0) is 14.0. The predicted molar refractivity (Wildman–Crippen MR) is 77.0 cm³/mol. The van der Waals surface area contributed by atoms with Crippen molar-refractivity contribution in [2.75, 3.05) is 18.5 Å². The molecule has 1 aromatic carbocycles. The first kappa shape index (κ1) is 13.5. The van der Waals surface area contributed by atoms with Gasteiger partial charge in [0.1, 0.15) is 0 Å². The lowest BCUT2D eigenvalue weighted by molar-refractivity contribution is -0.121. The number of hydrogen-bond donors (Lipinski definition) is 1. The van der Waals surface area contributed by atoms with Crippen LogP contribution in [-0.4, -0.2) is 29.1 Å². The summed E-state index contributed by atoms with van der Waals surface area (Å²) < 4.78 is 1.95. The predicted octanol–water partition coefficient (Wildman–Crippen LogP) is 1.52. The van der Waals surface area contributed by atoms with Crippen LogP contribution >= 0.6 is 0 Å². The molecule has 102 valence electrons. The van der Waals surface area contributed by atoms with Crippen molar-refractivity contribution in [2.24, 2.45) is 18.7 Å². The lowest BCUT2D eigenvalue weighted by atomic mass is 10.1. The van der Waals surface area contributed by atoms with Crippen LogP contribution in [-0.2, 0) is 11.8 Å². The number of aromatic nitrogens is 2. The topological polar surface area (TPSA) is 64.2 Å². The zero-order valence-corrected chi connectivity index (χ0v) is 11.6. The number of carbonyl (C=O) groups is 1. The van der Waals surface area contributed by atoms with Gasteiger partial charge in [0, 0.05) is 26.3 Å². The Bertz CT molecular complexity index is 586. The maximum absolute atomic E-state index is 12.3. The number of anilines is 1. The fraction of sp³-hybridized carbons (Fsp3) is 0.429. The maximum atomic E-state index is 12.3. The Morgan fingerprint density at radius 3 is 2.89 bits per heavy atom. The summed E-state index contributed by atoms with van der Waals surface area (Å²) >= 11 is 0. The Hall–Kier alpha value is -1.88. The van der Waals surface area contributed by atoms with Crippen molar-refractivity contribution in [1.29, 1.82) is 0 Å². The van der Waals surface area contributed by atoms with Crippen molar-refractivity contribution < 1.29 is 4.79 Å². The first-order chi connectivity index (χ1) is 9.08. The highest BCUT2D eigenvalue weighted by molar-refractivity contribution is 5.96. The highest BCUT2D eigenvalue weighted by Gasteiger charge is 2.20. The minimum Gasteiger partial charge on any atom is -0.334 e. The maximum Gasteiger partial charge on any atom is 0.231 e. The molecule has 1 amide bonds. The Kier molecular flexibility index (Phi) is 3.85. The molecule has 0 aliphatic carbocycles. The third-order valence-corrected chi connectivity index (χ3v) is 3.55. The molecule has 2 rings (SSSR count). The van der Waals surface area contributed by atoms with E-state index in [4.69, 9.17) is 5.73 Å². The normalized spacial score (nSPS) is 12.6. The second-order valence-electron chi connectivity index (χ2n) is 4.77. The molecule has 2 aromatic rings. The van der Waals surface area contributed by atoms with Gasteiger partial charge in [0.2, 0.25) is 5.91 Å². The molecule has 0 aliphatic heterocycles. The molecule has 5 nitrogen and oxygen atoms in total. The number of carbonyl (C=O) groups excluding carboxylic acids is 1. The molecular weight excluding hydrogens is 240 g/mol. The van der Waals surface area contributed by atoms with Crippen LogP contribution in [0.2, 0.25) is 0 Å². The molecule has 1 heterocycles. The van der Waals surface area contributed by atoms with Crippen LogP contribution in [0.1, 0.15) is 13.3 Å². The van der Waals surface area contributed by atoms with Crippen LogP contribution in [0.5, 0.6) is 0 Å². The second-order valence-corrected chi connectivity index (χ2v) is 4.77. The number of benzene rings is 1. The minimum absolute atomic E-state index is 0.0558. The third-order valence-electron chi connectivity index (χ3n) is 3.55. The number of fused-ring (bicyclic) bond motifs is 1. The van der Waals surface area contributed by atoms with E-state index >= 15 is 0 Å². The van der Waals surface area contributed by atoms with E-state index in [0.717, 1.165) is 23.1 Å². The van der Waals surface area contributed by atoms with Gasteiger partial charge in [-0.05, 0) is 24.6 Å². The van der Waals surface area contributed by atoms with E-state index in [1.807, 2.05) is 36.7 Å². The summed E-state index contributed by atoms with van der Waals surface area (Å²) in [5, 5.41) is 0. The number of hydrogen-bond acceptors (Lipinski definition) is 3. The number of amides is 1. The van der Waals surface area contributed by atoms with Gasteiger partial charge in [-0.25, -0.2) is 4.98 Å². The Morgan fingerprint density at radius 2 is 2.26 bits per heavy atom. The average Bonchev–Trinajstić information content (AvgIpc) is 2.80. The molecule has 1 aromatic heterocycles. The summed E-state index contributed by atoms with van der Waals surface area (Å²) in [6.45, 7) is 2.36. The number of imidazole rings is 1. The van der Waals surface area contributed by atoms with Gasteiger partial charge in [0.25, 0.3) is 0 Å². The van der Waals surface area contributed by atoms with Gasteiger partial charge in [-0.15, -0.1) is 0 Å². The number of nitrogens with zero attached hydrogens (tertiary/aromatic N) is 3. The first-order valence-electron chi connectivity index (χ1n) is 6.47. The molecule has 0 radical (unpaired) electrons. The number of rotatable bonds is 4. The second kappa shape index (κ2) is 5.40. The summed E-state index contributed by atoms with van der Waals surface area (Å²) in [6.07, 6.45) is 2.52. The Labute approximate surface area is 113 Å². The molecule has 1 atom stereocenters. The Morgan fingerprint density at radius 1 is 1.53 bits per heavy atom. The fourth-order valence-corrected chi connectivity index (χ4v) is 2.18. The zero-order valence-electron chi connectivity index (χ0n) is 11.6. The van der Waals surface area contributed by atoms with Crippen LogP contribution in [0.3, 0.4) is 0 Å². The highest BCUT2D eigenvalue weighted by atomic mass is 16.2. The van der Waals surface area contributed by atoms with Crippen molar-refractivity contribution >= 4 is 22.6 Å². The molecule has 0 spiro atoms. The summed E-state index contributed by atoms with van der Waals surface area (Å²) in [7, 11) is 3.73. The van der Waals surface area contributed by atoms with Gasteiger partial charge in [-0.2, -0.15) is 0 Å². The monoisotopic (exact) mass is 260 g/mol. The SMILES string of the molecule is CCC(CN)C(=O)N(C)c1ccc2c(c1)ncn2C. The van der Waals surface area contributed by atoms with E-state index in [1.54, 1.807) is 18.3 Å². The summed E-state index contributed by atoms with van der Waals surface area (Å²) in [5.74, 6) is -0.0651.